The molecule has 0 radical (unpaired) electrons. The zero-order chi connectivity index (χ0) is 18.4. The summed E-state index contributed by atoms with van der Waals surface area (Å²) in [5.74, 6) is 0.870. The Balaban J connectivity index is 1.58. The van der Waals surface area contributed by atoms with Crippen molar-refractivity contribution in [2.24, 2.45) is 0 Å². The number of para-hydroxylation sites is 1. The predicted octanol–water partition coefficient (Wildman–Crippen LogP) is 5.15. The first kappa shape index (κ1) is 19.5. The fraction of sp³-hybridized carbons (Fsp3) is 0.429. The molecule has 0 aliphatic carbocycles. The fourth-order valence-corrected chi connectivity index (χ4v) is 4.03. The average Bonchev–Trinajstić information content (AvgIpc) is 3.10. The first-order valence-electron chi connectivity index (χ1n) is 9.27. The maximum atomic E-state index is 6.24. The summed E-state index contributed by atoms with van der Waals surface area (Å²) in [7, 11) is 0. The molecule has 1 aliphatic heterocycles. The zero-order valence-electron chi connectivity index (χ0n) is 15.2. The molecule has 0 amide bonds. The topological polar surface area (TPSA) is 24.5 Å². The number of likely N-dealkylation sites (N-methyl/N-ethyl adjacent to an activating group) is 1. The lowest BCUT2D eigenvalue weighted by Gasteiger charge is -2.23. The van der Waals surface area contributed by atoms with Crippen LogP contribution in [0.3, 0.4) is 0 Å². The fourth-order valence-electron chi connectivity index (χ4n) is 3.53. The van der Waals surface area contributed by atoms with Crippen molar-refractivity contribution in [1.82, 2.24) is 10.2 Å². The van der Waals surface area contributed by atoms with Gasteiger partial charge in [-0.1, -0.05) is 54.4 Å². The largest absolute Gasteiger partial charge is 0.488 e. The Bertz CT molecular complexity index is 703. The Kier molecular flexibility index (Phi) is 7.21. The molecule has 26 heavy (non-hydrogen) atoms. The molecule has 3 rings (SSSR count). The van der Waals surface area contributed by atoms with Gasteiger partial charge >= 0.3 is 0 Å². The van der Waals surface area contributed by atoms with Gasteiger partial charge in [-0.2, -0.15) is 0 Å². The molecule has 0 aromatic heterocycles. The quantitative estimate of drug-likeness (QED) is 0.672. The van der Waals surface area contributed by atoms with Crippen LogP contribution in [0.1, 0.15) is 30.9 Å². The smallest absolute Gasteiger partial charge is 0.124 e. The van der Waals surface area contributed by atoms with Gasteiger partial charge in [-0.05, 0) is 44.1 Å². The van der Waals surface area contributed by atoms with E-state index in [4.69, 9.17) is 27.9 Å². The van der Waals surface area contributed by atoms with E-state index in [2.05, 4.69) is 23.2 Å². The summed E-state index contributed by atoms with van der Waals surface area (Å²) in [4.78, 5) is 2.55. The first-order valence-corrected chi connectivity index (χ1v) is 10.0. The molecule has 1 heterocycles. The molecule has 2 aromatic rings. The molecule has 140 valence electrons. The maximum absolute atomic E-state index is 6.24. The van der Waals surface area contributed by atoms with Crippen LogP contribution in [0.2, 0.25) is 10.0 Å². The minimum Gasteiger partial charge on any atom is -0.488 e. The van der Waals surface area contributed by atoms with Crippen LogP contribution in [0.15, 0.2) is 42.5 Å². The van der Waals surface area contributed by atoms with Crippen LogP contribution in [0.25, 0.3) is 0 Å². The molecule has 1 unspecified atom stereocenters. The molecule has 2 aromatic carbocycles. The van der Waals surface area contributed by atoms with Gasteiger partial charge < -0.3 is 10.1 Å². The van der Waals surface area contributed by atoms with Crippen molar-refractivity contribution in [1.29, 1.82) is 0 Å². The van der Waals surface area contributed by atoms with Gasteiger partial charge in [-0.3, -0.25) is 4.90 Å². The number of benzene rings is 2. The monoisotopic (exact) mass is 392 g/mol. The van der Waals surface area contributed by atoms with E-state index < -0.39 is 0 Å². The summed E-state index contributed by atoms with van der Waals surface area (Å²) in [6.07, 6.45) is 2.59. The highest BCUT2D eigenvalue weighted by Crippen LogP contribution is 2.27. The second kappa shape index (κ2) is 9.61. The number of nitrogens with zero attached hydrogens (tertiary/aromatic N) is 1. The van der Waals surface area contributed by atoms with Gasteiger partial charge in [0.1, 0.15) is 12.4 Å². The van der Waals surface area contributed by atoms with Gasteiger partial charge in [0.2, 0.25) is 0 Å². The van der Waals surface area contributed by atoms with Crippen LogP contribution >= 0.6 is 23.2 Å². The Morgan fingerprint density at radius 3 is 2.65 bits per heavy atom. The third-order valence-electron chi connectivity index (χ3n) is 5.01. The van der Waals surface area contributed by atoms with Gasteiger partial charge in [0.15, 0.2) is 0 Å². The molecule has 0 saturated carbocycles. The van der Waals surface area contributed by atoms with Crippen molar-refractivity contribution in [2.45, 2.75) is 39.0 Å². The predicted molar refractivity (Wildman–Crippen MR) is 109 cm³/mol. The highest BCUT2D eigenvalue weighted by Gasteiger charge is 2.22. The van der Waals surface area contributed by atoms with Gasteiger partial charge in [0.25, 0.3) is 0 Å². The standard InChI is InChI=1S/C21H26Cl2N2O/c1-2-25-12-6-8-17(25)14-24-13-16-7-3-4-11-21(16)26-15-18-19(22)9-5-10-20(18)23/h3-5,7,9-11,17,24H,2,6,8,12-15H2,1H3. The van der Waals surface area contributed by atoms with Gasteiger partial charge in [-0.25, -0.2) is 0 Å². The van der Waals surface area contributed by atoms with E-state index >= 15 is 0 Å². The Labute approximate surface area is 166 Å². The summed E-state index contributed by atoms with van der Waals surface area (Å²) in [5.41, 5.74) is 1.97. The summed E-state index contributed by atoms with van der Waals surface area (Å²) >= 11 is 12.5. The SMILES string of the molecule is CCN1CCCC1CNCc1ccccc1OCc1c(Cl)cccc1Cl. The lowest BCUT2D eigenvalue weighted by Crippen LogP contribution is -2.37. The number of hydrogen-bond donors (Lipinski definition) is 1. The van der Waals surface area contributed by atoms with Crippen LogP contribution in [0.4, 0.5) is 0 Å². The van der Waals surface area contributed by atoms with Crippen LogP contribution in [-0.2, 0) is 13.2 Å². The van der Waals surface area contributed by atoms with Crippen LogP contribution in [0, 0.1) is 0 Å². The minimum atomic E-state index is 0.363. The summed E-state index contributed by atoms with van der Waals surface area (Å²) < 4.78 is 6.03. The molecule has 1 aliphatic rings. The Morgan fingerprint density at radius 2 is 1.88 bits per heavy atom. The molecule has 1 fully saturated rings. The minimum absolute atomic E-state index is 0.363. The number of nitrogens with one attached hydrogen (secondary N) is 1. The third kappa shape index (κ3) is 4.92. The molecule has 3 nitrogen and oxygen atoms in total. The van der Waals surface area contributed by atoms with Crippen molar-refractivity contribution in [2.75, 3.05) is 19.6 Å². The third-order valence-corrected chi connectivity index (χ3v) is 5.72. The molecule has 5 heteroatoms. The maximum Gasteiger partial charge on any atom is 0.124 e. The molecule has 0 spiro atoms. The van der Waals surface area contributed by atoms with E-state index in [1.807, 2.05) is 36.4 Å². The van der Waals surface area contributed by atoms with E-state index in [1.165, 1.54) is 19.4 Å². The number of hydrogen-bond acceptors (Lipinski definition) is 3. The highest BCUT2D eigenvalue weighted by molar-refractivity contribution is 6.35. The van der Waals surface area contributed by atoms with Crippen LogP contribution < -0.4 is 10.1 Å². The molecule has 0 bridgehead atoms. The lowest BCUT2D eigenvalue weighted by molar-refractivity contribution is 0.259. The van der Waals surface area contributed by atoms with Crippen molar-refractivity contribution in [3.05, 3.63) is 63.6 Å². The zero-order valence-corrected chi connectivity index (χ0v) is 16.7. The van der Waals surface area contributed by atoms with E-state index in [9.17, 15) is 0 Å². The van der Waals surface area contributed by atoms with E-state index in [0.29, 0.717) is 22.7 Å². The van der Waals surface area contributed by atoms with Crippen molar-refractivity contribution in [3.8, 4) is 5.75 Å². The van der Waals surface area contributed by atoms with Gasteiger partial charge in [0.05, 0.1) is 0 Å². The average molecular weight is 393 g/mol. The van der Waals surface area contributed by atoms with Crippen LogP contribution in [-0.4, -0.2) is 30.6 Å². The molecular weight excluding hydrogens is 367 g/mol. The second-order valence-corrected chi connectivity index (χ2v) is 7.47. The Hall–Kier alpha value is -1.26. The van der Waals surface area contributed by atoms with E-state index in [-0.39, 0.29) is 0 Å². The molecular formula is C21H26Cl2N2O. The normalized spacial score (nSPS) is 17.6. The molecule has 1 N–H and O–H groups in total. The highest BCUT2D eigenvalue weighted by atomic mass is 35.5. The van der Waals surface area contributed by atoms with Gasteiger partial charge in [-0.15, -0.1) is 0 Å². The van der Waals surface area contributed by atoms with Gasteiger partial charge in [0, 0.05) is 40.3 Å². The summed E-state index contributed by atoms with van der Waals surface area (Å²) in [6.45, 7) is 6.76. The van der Waals surface area contributed by atoms with Crippen molar-refractivity contribution >= 4 is 23.2 Å². The summed E-state index contributed by atoms with van der Waals surface area (Å²) in [5, 5.41) is 4.86. The molecule has 1 saturated heterocycles. The summed E-state index contributed by atoms with van der Waals surface area (Å²) in [6, 6.07) is 14.3. The van der Waals surface area contributed by atoms with E-state index in [0.717, 1.165) is 36.5 Å². The second-order valence-electron chi connectivity index (χ2n) is 6.65. The van der Waals surface area contributed by atoms with Crippen LogP contribution in [0.5, 0.6) is 5.75 Å². The Morgan fingerprint density at radius 1 is 1.12 bits per heavy atom. The lowest BCUT2D eigenvalue weighted by atomic mass is 10.1. The first-order chi connectivity index (χ1) is 12.7. The number of halogens is 2. The van der Waals surface area contributed by atoms with Crippen molar-refractivity contribution in [3.63, 3.8) is 0 Å². The number of ether oxygens (including phenoxy) is 1. The number of rotatable bonds is 8. The number of likely N-dealkylation sites (tertiary alicyclic amines) is 1. The van der Waals surface area contributed by atoms with E-state index in [1.54, 1.807) is 0 Å². The van der Waals surface area contributed by atoms with Crippen molar-refractivity contribution < 1.29 is 4.74 Å². The molecule has 1 atom stereocenters.